The lowest BCUT2D eigenvalue weighted by atomic mass is 10.0. The lowest BCUT2D eigenvalue weighted by molar-refractivity contribution is -0.122. The minimum Gasteiger partial charge on any atom is -0.298 e. The van der Waals surface area contributed by atoms with E-state index in [0.717, 1.165) is 16.0 Å². The molecule has 0 unspecified atom stereocenters. The molecule has 2 amide bonds. The van der Waals surface area contributed by atoms with E-state index in [1.807, 2.05) is 41.8 Å². The molecule has 28 heavy (non-hydrogen) atoms. The second-order valence-corrected chi connectivity index (χ2v) is 7.80. The van der Waals surface area contributed by atoms with Gasteiger partial charge in [0.25, 0.3) is 11.8 Å². The Balaban J connectivity index is 1.65. The Morgan fingerprint density at radius 1 is 1.00 bits per heavy atom. The van der Waals surface area contributed by atoms with Crippen LogP contribution >= 0.6 is 35.2 Å². The largest absolute Gasteiger partial charge is 0.298 e. The normalized spacial score (nSPS) is 15.8. The molecule has 0 atom stereocenters. The Morgan fingerprint density at radius 2 is 1.71 bits per heavy atom. The Morgan fingerprint density at radius 3 is 2.36 bits per heavy atom. The first-order chi connectivity index (χ1) is 13.5. The molecule has 0 bridgehead atoms. The van der Waals surface area contributed by atoms with Crippen molar-refractivity contribution >= 4 is 63.8 Å². The molecule has 2 aromatic carbocycles. The highest BCUT2D eigenvalue weighted by Crippen LogP contribution is 2.26. The third-order valence-corrected chi connectivity index (χ3v) is 5.67. The number of thiophene rings is 1. The van der Waals surface area contributed by atoms with Gasteiger partial charge in [-0.05, 0) is 65.1 Å². The molecule has 1 N–H and O–H groups in total. The number of nitrogens with zero attached hydrogens (tertiary/aromatic N) is 1. The highest BCUT2D eigenvalue weighted by Gasteiger charge is 2.34. The summed E-state index contributed by atoms with van der Waals surface area (Å²) in [5, 5.41) is 5.18. The predicted octanol–water partition coefficient (Wildman–Crippen LogP) is 4.90. The van der Waals surface area contributed by atoms with Crippen LogP contribution in [0.4, 0.5) is 5.69 Å². The highest BCUT2D eigenvalue weighted by molar-refractivity contribution is 7.80. The number of thiocarbonyl (C=S) groups is 1. The van der Waals surface area contributed by atoms with Crippen molar-refractivity contribution in [1.29, 1.82) is 0 Å². The number of amides is 2. The molecule has 1 saturated heterocycles. The zero-order valence-electron chi connectivity index (χ0n) is 14.4. The van der Waals surface area contributed by atoms with Crippen molar-refractivity contribution in [2.45, 2.75) is 0 Å². The maximum atomic E-state index is 13.0. The molecule has 3 aromatic rings. The third kappa shape index (κ3) is 3.62. The van der Waals surface area contributed by atoms with Gasteiger partial charge in [0.1, 0.15) is 5.57 Å². The van der Waals surface area contributed by atoms with E-state index >= 15 is 0 Å². The van der Waals surface area contributed by atoms with Gasteiger partial charge in [0.15, 0.2) is 5.11 Å². The quantitative estimate of drug-likeness (QED) is 0.369. The van der Waals surface area contributed by atoms with E-state index in [4.69, 9.17) is 23.8 Å². The molecule has 1 aromatic heterocycles. The van der Waals surface area contributed by atoms with Crippen LogP contribution in [0.3, 0.4) is 0 Å². The van der Waals surface area contributed by atoms with E-state index in [-0.39, 0.29) is 10.7 Å². The van der Waals surface area contributed by atoms with Gasteiger partial charge < -0.3 is 0 Å². The van der Waals surface area contributed by atoms with Crippen LogP contribution in [-0.2, 0) is 9.59 Å². The number of carbonyl (C=O) groups excluding carboxylic acids is 2. The fourth-order valence-electron chi connectivity index (χ4n) is 2.84. The van der Waals surface area contributed by atoms with Gasteiger partial charge in [-0.25, -0.2) is 0 Å². The monoisotopic (exact) mass is 424 g/mol. The Hall–Kier alpha value is -2.80. The van der Waals surface area contributed by atoms with E-state index in [1.165, 1.54) is 4.90 Å². The van der Waals surface area contributed by atoms with Crippen molar-refractivity contribution < 1.29 is 9.59 Å². The molecule has 4 nitrogen and oxygen atoms in total. The number of halogens is 1. The molecule has 1 aliphatic heterocycles. The molecule has 4 rings (SSSR count). The standard InChI is InChI=1S/C21H13ClN2O2S2/c22-15-7-9-16(10-8-15)24-20(26)17(19(25)23-21(24)27)12-13-3-5-14(6-4-13)18-2-1-11-28-18/h1-12H,(H,23,25,27). The average molecular weight is 425 g/mol. The molecule has 7 heteroatoms. The second-order valence-electron chi connectivity index (χ2n) is 6.03. The van der Waals surface area contributed by atoms with Crippen molar-refractivity contribution in [3.63, 3.8) is 0 Å². The fourth-order valence-corrected chi connectivity index (χ4v) is 3.98. The number of nitrogens with one attached hydrogen (secondary N) is 1. The summed E-state index contributed by atoms with van der Waals surface area (Å²) in [7, 11) is 0. The van der Waals surface area contributed by atoms with Gasteiger partial charge in [0.2, 0.25) is 0 Å². The zero-order valence-corrected chi connectivity index (χ0v) is 16.8. The Bertz CT molecular complexity index is 1090. The molecule has 0 saturated carbocycles. The van der Waals surface area contributed by atoms with Crippen molar-refractivity contribution in [2.24, 2.45) is 0 Å². The number of rotatable bonds is 3. The lowest BCUT2D eigenvalue weighted by Gasteiger charge is -2.28. The Kier molecular flexibility index (Phi) is 5.09. The summed E-state index contributed by atoms with van der Waals surface area (Å²) in [6.45, 7) is 0. The van der Waals surface area contributed by atoms with Gasteiger partial charge in [-0.15, -0.1) is 11.3 Å². The smallest absolute Gasteiger partial charge is 0.270 e. The van der Waals surface area contributed by atoms with Crippen LogP contribution in [0.1, 0.15) is 5.56 Å². The van der Waals surface area contributed by atoms with Crippen LogP contribution in [0, 0.1) is 0 Å². The highest BCUT2D eigenvalue weighted by atomic mass is 35.5. The molecular weight excluding hydrogens is 412 g/mol. The Labute approximate surface area is 176 Å². The number of anilines is 1. The first kappa shape index (κ1) is 18.6. The van der Waals surface area contributed by atoms with Crippen LogP contribution < -0.4 is 10.2 Å². The summed E-state index contributed by atoms with van der Waals surface area (Å²) < 4.78 is 0. The van der Waals surface area contributed by atoms with Crippen molar-refractivity contribution in [3.8, 4) is 10.4 Å². The van der Waals surface area contributed by atoms with Crippen LogP contribution in [0.2, 0.25) is 5.02 Å². The van der Waals surface area contributed by atoms with Crippen molar-refractivity contribution in [3.05, 3.63) is 82.2 Å². The minimum absolute atomic E-state index is 0.0208. The van der Waals surface area contributed by atoms with Crippen LogP contribution in [0.5, 0.6) is 0 Å². The maximum Gasteiger partial charge on any atom is 0.270 e. The molecule has 1 aliphatic rings. The fraction of sp³-hybridized carbons (Fsp3) is 0. The molecule has 2 heterocycles. The van der Waals surface area contributed by atoms with Gasteiger partial charge in [-0.1, -0.05) is 41.9 Å². The zero-order chi connectivity index (χ0) is 19.7. The molecule has 138 valence electrons. The number of carbonyl (C=O) groups is 2. The van der Waals surface area contributed by atoms with E-state index in [2.05, 4.69) is 5.32 Å². The van der Waals surface area contributed by atoms with Gasteiger partial charge >= 0.3 is 0 Å². The molecule has 0 aliphatic carbocycles. The van der Waals surface area contributed by atoms with Gasteiger partial charge in [0, 0.05) is 9.90 Å². The number of hydrogen-bond acceptors (Lipinski definition) is 4. The van der Waals surface area contributed by atoms with E-state index in [9.17, 15) is 9.59 Å². The van der Waals surface area contributed by atoms with Crippen molar-refractivity contribution in [1.82, 2.24) is 5.32 Å². The van der Waals surface area contributed by atoms with E-state index in [1.54, 1.807) is 41.7 Å². The molecule has 0 radical (unpaired) electrons. The van der Waals surface area contributed by atoms with E-state index < -0.39 is 11.8 Å². The first-order valence-electron chi connectivity index (χ1n) is 8.34. The van der Waals surface area contributed by atoms with Crippen molar-refractivity contribution in [2.75, 3.05) is 4.90 Å². The first-order valence-corrected chi connectivity index (χ1v) is 10.0. The summed E-state index contributed by atoms with van der Waals surface area (Å²) in [6, 6.07) is 18.4. The SMILES string of the molecule is O=C1NC(=S)N(c2ccc(Cl)cc2)C(=O)C1=Cc1ccc(-c2cccs2)cc1. The van der Waals surface area contributed by atoms with Gasteiger partial charge in [0.05, 0.1) is 5.69 Å². The summed E-state index contributed by atoms with van der Waals surface area (Å²) in [5.41, 5.74) is 2.40. The lowest BCUT2D eigenvalue weighted by Crippen LogP contribution is -2.54. The average Bonchev–Trinajstić information content (AvgIpc) is 3.22. The molecular formula is C21H13ClN2O2S2. The molecule has 1 fully saturated rings. The maximum absolute atomic E-state index is 13.0. The predicted molar refractivity (Wildman–Crippen MR) is 117 cm³/mol. The summed E-state index contributed by atoms with van der Waals surface area (Å²) in [5.74, 6) is -0.985. The topological polar surface area (TPSA) is 49.4 Å². The number of benzene rings is 2. The van der Waals surface area contributed by atoms with Crippen LogP contribution in [0.15, 0.2) is 71.6 Å². The second kappa shape index (κ2) is 7.67. The van der Waals surface area contributed by atoms with E-state index in [0.29, 0.717) is 10.7 Å². The van der Waals surface area contributed by atoms with Gasteiger partial charge in [-0.2, -0.15) is 0 Å². The van der Waals surface area contributed by atoms with Crippen LogP contribution in [0.25, 0.3) is 16.5 Å². The summed E-state index contributed by atoms with van der Waals surface area (Å²) >= 11 is 12.8. The summed E-state index contributed by atoms with van der Waals surface area (Å²) in [6.07, 6.45) is 1.57. The van der Waals surface area contributed by atoms with Crippen LogP contribution in [-0.4, -0.2) is 16.9 Å². The number of hydrogen-bond donors (Lipinski definition) is 1. The molecule has 0 spiro atoms. The minimum atomic E-state index is -0.512. The summed E-state index contributed by atoms with van der Waals surface area (Å²) in [4.78, 5) is 27.8. The van der Waals surface area contributed by atoms with Gasteiger partial charge in [-0.3, -0.25) is 19.8 Å². The third-order valence-electron chi connectivity index (χ3n) is 4.21.